The van der Waals surface area contributed by atoms with Gasteiger partial charge in [-0.2, -0.15) is 0 Å². The molecule has 0 bridgehead atoms. The van der Waals surface area contributed by atoms with Crippen molar-refractivity contribution in [3.05, 3.63) is 51.7 Å². The average molecular weight is 338 g/mol. The highest BCUT2D eigenvalue weighted by Gasteiger charge is 2.37. The molecule has 2 aromatic rings. The Labute approximate surface area is 135 Å². The average Bonchev–Trinajstić information content (AvgIpc) is 2.96. The van der Waals surface area contributed by atoms with Crippen LogP contribution in [0.2, 0.25) is 0 Å². The molecule has 0 fully saturated rings. The largest absolute Gasteiger partial charge is 0.479 e. The van der Waals surface area contributed by atoms with E-state index < -0.39 is 23.2 Å². The van der Waals surface area contributed by atoms with Crippen LogP contribution in [-0.4, -0.2) is 29.1 Å². The number of thiazole rings is 1. The van der Waals surface area contributed by atoms with Gasteiger partial charge in [-0.1, -0.05) is 12.1 Å². The molecule has 8 heteroatoms. The number of carbonyl (C=O) groups excluding carboxylic acids is 1. The number of carboxylic acids is 1. The van der Waals surface area contributed by atoms with Crippen LogP contribution in [0.3, 0.4) is 0 Å². The number of benzene rings is 1. The summed E-state index contributed by atoms with van der Waals surface area (Å²) in [5, 5.41) is 14.1. The van der Waals surface area contributed by atoms with Crippen molar-refractivity contribution in [3.63, 3.8) is 0 Å². The van der Waals surface area contributed by atoms with Gasteiger partial charge in [0.2, 0.25) is 0 Å². The molecule has 0 radical (unpaired) electrons. The third-order valence-electron chi connectivity index (χ3n) is 3.27. The number of carboxylic acid groups (broad SMARTS) is 1. The summed E-state index contributed by atoms with van der Waals surface area (Å²) in [6.07, 6.45) is 0. The molecule has 1 atom stereocenters. The topological polar surface area (TPSA) is 88.5 Å². The highest BCUT2D eigenvalue weighted by Crippen LogP contribution is 2.22. The van der Waals surface area contributed by atoms with E-state index in [-0.39, 0.29) is 17.9 Å². The molecule has 1 unspecified atom stereocenters. The molecule has 0 saturated heterocycles. The predicted octanol–water partition coefficient (Wildman–Crippen LogP) is 2.16. The first-order valence-electron chi connectivity index (χ1n) is 6.62. The molecule has 0 aliphatic heterocycles. The molecule has 0 aliphatic rings. The second-order valence-corrected chi connectivity index (χ2v) is 5.89. The number of rotatable bonds is 6. The van der Waals surface area contributed by atoms with Gasteiger partial charge in [-0.05, 0) is 24.6 Å². The zero-order valence-corrected chi connectivity index (χ0v) is 13.3. The maximum Gasteiger partial charge on any atom is 0.333 e. The second-order valence-electron chi connectivity index (χ2n) is 4.95. The van der Waals surface area contributed by atoms with Gasteiger partial charge in [0.15, 0.2) is 5.54 Å². The fraction of sp³-hybridized carbons (Fsp3) is 0.267. The molecule has 2 N–H and O–H groups in total. The third kappa shape index (κ3) is 3.72. The van der Waals surface area contributed by atoms with E-state index in [0.29, 0.717) is 5.01 Å². The molecule has 1 heterocycles. The molecule has 0 saturated carbocycles. The number of hydrogen-bond acceptors (Lipinski definition) is 5. The van der Waals surface area contributed by atoms with Crippen molar-refractivity contribution in [1.82, 2.24) is 10.3 Å². The number of aliphatic carboxylic acids is 1. The van der Waals surface area contributed by atoms with Crippen LogP contribution >= 0.6 is 11.3 Å². The maximum absolute atomic E-state index is 13.0. The van der Waals surface area contributed by atoms with E-state index in [1.54, 1.807) is 0 Å². The molecule has 1 aromatic heterocycles. The lowest BCUT2D eigenvalue weighted by molar-refractivity contribution is -0.144. The summed E-state index contributed by atoms with van der Waals surface area (Å²) in [6.45, 7) is 1.61. The van der Waals surface area contributed by atoms with Crippen LogP contribution in [-0.2, 0) is 21.7 Å². The molecule has 0 spiro atoms. The second kappa shape index (κ2) is 6.84. The summed E-state index contributed by atoms with van der Waals surface area (Å²) in [5.74, 6) is -2.38. The summed E-state index contributed by atoms with van der Waals surface area (Å²) in [4.78, 5) is 28.0. The smallest absolute Gasteiger partial charge is 0.333 e. The summed E-state index contributed by atoms with van der Waals surface area (Å²) in [6, 6.07) is 4.92. The van der Waals surface area contributed by atoms with Gasteiger partial charge in [-0.25, -0.2) is 14.2 Å². The van der Waals surface area contributed by atoms with Crippen molar-refractivity contribution >= 4 is 23.2 Å². The van der Waals surface area contributed by atoms with Crippen LogP contribution in [0.25, 0.3) is 0 Å². The van der Waals surface area contributed by atoms with Gasteiger partial charge in [0.05, 0.1) is 6.61 Å². The maximum atomic E-state index is 13.0. The summed E-state index contributed by atoms with van der Waals surface area (Å²) in [5.41, 5.74) is -1.33. The minimum Gasteiger partial charge on any atom is -0.479 e. The van der Waals surface area contributed by atoms with E-state index in [9.17, 15) is 19.1 Å². The van der Waals surface area contributed by atoms with Gasteiger partial charge < -0.3 is 15.2 Å². The molecule has 6 nitrogen and oxygen atoms in total. The van der Waals surface area contributed by atoms with Crippen LogP contribution in [0, 0.1) is 5.82 Å². The molecular formula is C15H15FN2O4S. The Balaban J connectivity index is 2.26. The Morgan fingerprint density at radius 3 is 2.61 bits per heavy atom. The molecule has 2 rings (SSSR count). The number of nitrogens with zero attached hydrogens (tertiary/aromatic N) is 1. The van der Waals surface area contributed by atoms with Gasteiger partial charge in [0.1, 0.15) is 16.5 Å². The molecule has 0 aliphatic carbocycles. The van der Waals surface area contributed by atoms with Crippen LogP contribution < -0.4 is 5.32 Å². The van der Waals surface area contributed by atoms with Crippen LogP contribution in [0.4, 0.5) is 4.39 Å². The first kappa shape index (κ1) is 17.0. The van der Waals surface area contributed by atoms with E-state index in [0.717, 1.165) is 12.1 Å². The highest BCUT2D eigenvalue weighted by molar-refractivity contribution is 7.09. The predicted molar refractivity (Wildman–Crippen MR) is 81.7 cm³/mol. The van der Waals surface area contributed by atoms with Gasteiger partial charge in [-0.3, -0.25) is 4.79 Å². The Morgan fingerprint density at radius 2 is 2.04 bits per heavy atom. The standard InChI is InChI=1S/C15H15FN2O4S/c1-15(14(20)21,9-3-5-10(16)6-4-9)18-13(19)11-8-23-12(17-11)7-22-2/h3-6,8H,7H2,1-2H3,(H,18,19)(H,20,21). The number of halogens is 1. The Kier molecular flexibility index (Phi) is 5.07. The lowest BCUT2D eigenvalue weighted by Gasteiger charge is -2.26. The van der Waals surface area contributed by atoms with E-state index in [4.69, 9.17) is 4.74 Å². The molecular weight excluding hydrogens is 323 g/mol. The van der Waals surface area contributed by atoms with Crippen molar-refractivity contribution in [3.8, 4) is 0 Å². The number of methoxy groups -OCH3 is 1. The van der Waals surface area contributed by atoms with Gasteiger partial charge in [0.25, 0.3) is 5.91 Å². The molecule has 122 valence electrons. The number of nitrogens with one attached hydrogen (secondary N) is 1. The first-order chi connectivity index (χ1) is 10.9. The Bertz CT molecular complexity index is 717. The van der Waals surface area contributed by atoms with Crippen molar-refractivity contribution in [1.29, 1.82) is 0 Å². The number of amides is 1. The fourth-order valence-electron chi connectivity index (χ4n) is 1.93. The molecule has 1 aromatic carbocycles. The van der Waals surface area contributed by atoms with Crippen molar-refractivity contribution in [2.75, 3.05) is 7.11 Å². The van der Waals surface area contributed by atoms with Crippen LogP contribution in [0.15, 0.2) is 29.6 Å². The van der Waals surface area contributed by atoms with Crippen LogP contribution in [0.1, 0.15) is 28.0 Å². The summed E-state index contributed by atoms with van der Waals surface area (Å²) in [7, 11) is 1.51. The fourth-order valence-corrected chi connectivity index (χ4v) is 2.67. The van der Waals surface area contributed by atoms with E-state index >= 15 is 0 Å². The highest BCUT2D eigenvalue weighted by atomic mass is 32.1. The minimum absolute atomic E-state index is 0.108. The lowest BCUT2D eigenvalue weighted by Crippen LogP contribution is -2.49. The normalized spacial score (nSPS) is 13.3. The summed E-state index contributed by atoms with van der Waals surface area (Å²) >= 11 is 1.24. The van der Waals surface area contributed by atoms with Gasteiger partial charge >= 0.3 is 5.97 Å². The van der Waals surface area contributed by atoms with Crippen molar-refractivity contribution < 1.29 is 23.8 Å². The van der Waals surface area contributed by atoms with Crippen LogP contribution in [0.5, 0.6) is 0 Å². The number of hydrogen-bond donors (Lipinski definition) is 2. The zero-order chi connectivity index (χ0) is 17.0. The summed E-state index contributed by atoms with van der Waals surface area (Å²) < 4.78 is 18.0. The van der Waals surface area contributed by atoms with E-state index in [1.807, 2.05) is 0 Å². The Morgan fingerprint density at radius 1 is 1.39 bits per heavy atom. The van der Waals surface area contributed by atoms with Crippen molar-refractivity contribution in [2.24, 2.45) is 0 Å². The van der Waals surface area contributed by atoms with Gasteiger partial charge in [-0.15, -0.1) is 11.3 Å². The molecule has 1 amide bonds. The SMILES string of the molecule is COCc1nc(C(=O)NC(C)(C(=O)O)c2ccc(F)cc2)cs1. The van der Waals surface area contributed by atoms with Crippen molar-refractivity contribution in [2.45, 2.75) is 19.1 Å². The lowest BCUT2D eigenvalue weighted by atomic mass is 9.92. The van der Waals surface area contributed by atoms with E-state index in [1.165, 1.54) is 42.9 Å². The number of ether oxygens (including phenoxy) is 1. The quantitative estimate of drug-likeness (QED) is 0.842. The van der Waals surface area contributed by atoms with Gasteiger partial charge in [0, 0.05) is 12.5 Å². The zero-order valence-electron chi connectivity index (χ0n) is 12.5. The number of carbonyl (C=O) groups is 2. The monoisotopic (exact) mass is 338 g/mol. The van der Waals surface area contributed by atoms with E-state index in [2.05, 4.69) is 10.3 Å². The minimum atomic E-state index is -1.70. The number of aromatic nitrogens is 1. The first-order valence-corrected chi connectivity index (χ1v) is 7.50. The third-order valence-corrected chi connectivity index (χ3v) is 4.09. The Hall–Kier alpha value is -2.32. The molecule has 23 heavy (non-hydrogen) atoms.